The molecule has 2 aromatic carbocycles. The monoisotopic (exact) mass is 462 g/mol. The topological polar surface area (TPSA) is 92.3 Å². The number of ether oxygens (including phenoxy) is 2. The van der Waals surface area contributed by atoms with E-state index in [9.17, 15) is 9.18 Å². The van der Waals surface area contributed by atoms with E-state index >= 15 is 0 Å². The first-order valence-corrected chi connectivity index (χ1v) is 11.1. The zero-order chi connectivity index (χ0) is 23.7. The van der Waals surface area contributed by atoms with E-state index in [1.165, 1.54) is 12.1 Å². The molecule has 1 atom stereocenters. The number of hydrogen-bond donors (Lipinski definition) is 0. The molecule has 0 aliphatic heterocycles. The first-order chi connectivity index (χ1) is 16.5. The van der Waals surface area contributed by atoms with Crippen molar-refractivity contribution in [3.05, 3.63) is 77.2 Å². The normalized spacial score (nSPS) is 13.9. The fourth-order valence-corrected chi connectivity index (χ4v) is 4.07. The largest absolute Gasteiger partial charge is 0.497 e. The van der Waals surface area contributed by atoms with Crippen LogP contribution in [0.1, 0.15) is 53.5 Å². The molecule has 5 rings (SSSR count). The summed E-state index contributed by atoms with van der Waals surface area (Å²) in [4.78, 5) is 13.1. The second kappa shape index (κ2) is 9.09. The highest BCUT2D eigenvalue weighted by Gasteiger charge is 2.29. The van der Waals surface area contributed by atoms with E-state index in [4.69, 9.17) is 13.9 Å². The predicted octanol–water partition coefficient (Wildman–Crippen LogP) is 4.87. The number of carbonyl (C=O) groups is 1. The minimum absolute atomic E-state index is 0.186. The van der Waals surface area contributed by atoms with Crippen molar-refractivity contribution < 1.29 is 23.1 Å². The second-order valence-electron chi connectivity index (χ2n) is 8.09. The predicted molar refractivity (Wildman–Crippen MR) is 120 cm³/mol. The summed E-state index contributed by atoms with van der Waals surface area (Å²) in [6, 6.07) is 13.3. The summed E-state index contributed by atoms with van der Waals surface area (Å²) in [5.41, 5.74) is 3.52. The third kappa shape index (κ3) is 4.16. The maximum atomic E-state index is 13.4. The molecule has 8 nitrogen and oxygen atoms in total. The summed E-state index contributed by atoms with van der Waals surface area (Å²) >= 11 is 0. The van der Waals surface area contributed by atoms with E-state index in [1.54, 1.807) is 55.1 Å². The zero-order valence-corrected chi connectivity index (χ0v) is 18.8. The molecule has 9 heteroatoms. The Morgan fingerprint density at radius 2 is 1.79 bits per heavy atom. The van der Waals surface area contributed by atoms with Gasteiger partial charge in [0.2, 0.25) is 5.89 Å². The molecule has 1 aliphatic carbocycles. The van der Waals surface area contributed by atoms with E-state index in [0.29, 0.717) is 17.3 Å². The Labute approximate surface area is 195 Å². The molecular formula is C25H23FN4O4. The lowest BCUT2D eigenvalue weighted by Crippen LogP contribution is -2.13. The van der Waals surface area contributed by atoms with Crippen molar-refractivity contribution in [3.8, 4) is 22.9 Å². The Bertz CT molecular complexity index is 1310. The Kier molecular flexibility index (Phi) is 5.83. The van der Waals surface area contributed by atoms with Gasteiger partial charge >= 0.3 is 5.97 Å². The number of benzene rings is 2. The molecule has 174 valence electrons. The molecular weight excluding hydrogens is 439 g/mol. The molecule has 0 amide bonds. The van der Waals surface area contributed by atoms with Crippen LogP contribution < -0.4 is 4.74 Å². The van der Waals surface area contributed by atoms with Gasteiger partial charge in [0.1, 0.15) is 11.6 Å². The maximum Gasteiger partial charge on any atom is 0.359 e. The van der Waals surface area contributed by atoms with Crippen LogP contribution in [0.15, 0.2) is 52.9 Å². The van der Waals surface area contributed by atoms with Crippen LogP contribution in [0.5, 0.6) is 5.75 Å². The van der Waals surface area contributed by atoms with Gasteiger partial charge in [-0.3, -0.25) is 0 Å². The lowest BCUT2D eigenvalue weighted by Gasteiger charge is -2.14. The molecule has 1 aliphatic rings. The number of halogens is 1. The average molecular weight is 462 g/mol. The molecule has 4 aromatic rings. The minimum atomic E-state index is -0.762. The number of rotatable bonds is 6. The summed E-state index contributed by atoms with van der Waals surface area (Å²) in [7, 11) is 1.59. The molecule has 0 unspecified atom stereocenters. The third-order valence-electron chi connectivity index (χ3n) is 5.85. The summed E-state index contributed by atoms with van der Waals surface area (Å²) in [5.74, 6) is 0.334. The highest BCUT2D eigenvalue weighted by molar-refractivity contribution is 5.89. The first kappa shape index (κ1) is 21.8. The van der Waals surface area contributed by atoms with E-state index in [0.717, 1.165) is 42.5 Å². The molecule has 0 spiro atoms. The number of hydrogen-bond acceptors (Lipinski definition) is 7. The summed E-state index contributed by atoms with van der Waals surface area (Å²) < 4.78 is 31.7. The smallest absolute Gasteiger partial charge is 0.359 e. The molecule has 0 radical (unpaired) electrons. The quantitative estimate of drug-likeness (QED) is 0.378. The number of nitrogens with zero attached hydrogens (tertiary/aromatic N) is 4. The van der Waals surface area contributed by atoms with Crippen LogP contribution in [0.4, 0.5) is 4.39 Å². The van der Waals surface area contributed by atoms with Gasteiger partial charge < -0.3 is 13.9 Å². The van der Waals surface area contributed by atoms with Crippen LogP contribution in [0.2, 0.25) is 0 Å². The van der Waals surface area contributed by atoms with E-state index < -0.39 is 12.1 Å². The van der Waals surface area contributed by atoms with Crippen molar-refractivity contribution in [1.82, 2.24) is 20.0 Å². The molecule has 34 heavy (non-hydrogen) atoms. The molecule has 2 heterocycles. The van der Waals surface area contributed by atoms with Crippen molar-refractivity contribution in [2.24, 2.45) is 0 Å². The molecule has 0 bridgehead atoms. The van der Waals surface area contributed by atoms with Crippen molar-refractivity contribution in [1.29, 1.82) is 0 Å². The fraction of sp³-hybridized carbons (Fsp3) is 0.280. The number of aromatic nitrogens is 4. The second-order valence-corrected chi connectivity index (χ2v) is 8.09. The van der Waals surface area contributed by atoms with Gasteiger partial charge in [0.05, 0.1) is 12.8 Å². The van der Waals surface area contributed by atoms with Crippen molar-refractivity contribution in [3.63, 3.8) is 0 Å². The summed E-state index contributed by atoms with van der Waals surface area (Å²) in [5, 5.41) is 12.7. The average Bonchev–Trinajstić information content (AvgIpc) is 3.51. The van der Waals surface area contributed by atoms with Crippen LogP contribution >= 0.6 is 0 Å². The van der Waals surface area contributed by atoms with E-state index in [-0.39, 0.29) is 17.4 Å². The van der Waals surface area contributed by atoms with Crippen LogP contribution in [0, 0.1) is 5.82 Å². The van der Waals surface area contributed by atoms with E-state index in [1.807, 2.05) is 0 Å². The summed E-state index contributed by atoms with van der Waals surface area (Å²) in [6.45, 7) is 1.67. The Morgan fingerprint density at radius 3 is 2.53 bits per heavy atom. The third-order valence-corrected chi connectivity index (χ3v) is 5.85. The molecule has 2 aromatic heterocycles. The van der Waals surface area contributed by atoms with E-state index in [2.05, 4.69) is 15.3 Å². The van der Waals surface area contributed by atoms with Gasteiger partial charge in [0.25, 0.3) is 5.89 Å². The lowest BCUT2D eigenvalue weighted by molar-refractivity contribution is 0.0271. The molecule has 0 saturated carbocycles. The highest BCUT2D eigenvalue weighted by atomic mass is 19.1. The zero-order valence-electron chi connectivity index (χ0n) is 18.8. The number of esters is 1. The Hall–Kier alpha value is -4.01. The standard InChI is InChI=1S/C25H23FN4O4/c1-15(23-27-28-24(34-23)16-7-13-19(32-2)14-8-16)33-25(31)22-20-5-3-4-6-21(20)30(29-22)18-11-9-17(26)10-12-18/h7-15H,3-6H2,1-2H3/t15-/m1/s1. The van der Waals surface area contributed by atoms with Crippen molar-refractivity contribution in [2.75, 3.05) is 7.11 Å². The fourth-order valence-electron chi connectivity index (χ4n) is 4.07. The first-order valence-electron chi connectivity index (χ1n) is 11.1. The molecule has 0 fully saturated rings. The van der Waals surface area contributed by atoms with Gasteiger partial charge in [-0.15, -0.1) is 10.2 Å². The van der Waals surface area contributed by atoms with Gasteiger partial charge in [-0.25, -0.2) is 13.9 Å². The SMILES string of the molecule is COc1ccc(-c2nnc([C@@H](C)OC(=O)c3nn(-c4ccc(F)cc4)c4c3CCCC4)o2)cc1. The highest BCUT2D eigenvalue weighted by Crippen LogP contribution is 2.29. The maximum absolute atomic E-state index is 13.4. The molecule has 0 N–H and O–H groups in total. The van der Waals surface area contributed by atoms with Crippen LogP contribution in [0.3, 0.4) is 0 Å². The van der Waals surface area contributed by atoms with Crippen molar-refractivity contribution >= 4 is 5.97 Å². The van der Waals surface area contributed by atoms with Crippen LogP contribution in [0.25, 0.3) is 17.1 Å². The van der Waals surface area contributed by atoms with Crippen LogP contribution in [-0.2, 0) is 17.6 Å². The van der Waals surface area contributed by atoms with Gasteiger partial charge in [-0.05, 0) is 81.1 Å². The number of methoxy groups -OCH3 is 1. The van der Waals surface area contributed by atoms with Crippen molar-refractivity contribution in [2.45, 2.75) is 38.7 Å². The summed E-state index contributed by atoms with van der Waals surface area (Å²) in [6.07, 6.45) is 2.73. The van der Waals surface area contributed by atoms with Gasteiger partial charge in [-0.2, -0.15) is 5.10 Å². The van der Waals surface area contributed by atoms with Gasteiger partial charge in [0, 0.05) is 16.8 Å². The Morgan fingerprint density at radius 1 is 1.06 bits per heavy atom. The number of carbonyl (C=O) groups excluding carboxylic acids is 1. The number of fused-ring (bicyclic) bond motifs is 1. The van der Waals surface area contributed by atoms with Gasteiger partial charge in [-0.1, -0.05) is 0 Å². The van der Waals surface area contributed by atoms with Crippen LogP contribution in [-0.4, -0.2) is 33.1 Å². The Balaban J connectivity index is 1.37. The minimum Gasteiger partial charge on any atom is -0.497 e. The van der Waals surface area contributed by atoms with Gasteiger partial charge in [0.15, 0.2) is 11.8 Å². The molecule has 0 saturated heterocycles. The lowest BCUT2D eigenvalue weighted by atomic mass is 9.95.